The Morgan fingerprint density at radius 2 is 2.29 bits per heavy atom. The van der Waals surface area contributed by atoms with Gasteiger partial charge in [-0.15, -0.1) is 0 Å². The Hall–Kier alpha value is -0.930. The molecule has 1 aliphatic rings. The van der Waals surface area contributed by atoms with Crippen molar-refractivity contribution in [1.29, 1.82) is 0 Å². The molecule has 2 rings (SSSR count). The molecular weight excluding hydrogens is 234 g/mol. The molecule has 17 heavy (non-hydrogen) atoms. The molecule has 1 unspecified atom stereocenters. The molecule has 1 saturated heterocycles. The Balaban J connectivity index is 2.06. The second-order valence-corrected chi connectivity index (χ2v) is 5.28. The van der Waals surface area contributed by atoms with Gasteiger partial charge in [0.25, 0.3) is 0 Å². The summed E-state index contributed by atoms with van der Waals surface area (Å²) in [6.07, 6.45) is 2.57. The zero-order chi connectivity index (χ0) is 12.4. The lowest BCUT2D eigenvalue weighted by Crippen LogP contribution is -2.36. The number of benzene rings is 1. The predicted molar refractivity (Wildman–Crippen MR) is 74.8 cm³/mol. The van der Waals surface area contributed by atoms with Crippen molar-refractivity contribution < 1.29 is 0 Å². The first-order chi connectivity index (χ1) is 8.08. The predicted octanol–water partition coefficient (Wildman–Crippen LogP) is 2.45. The summed E-state index contributed by atoms with van der Waals surface area (Å²) in [5, 5.41) is 0.730. The average Bonchev–Trinajstić information content (AvgIpc) is 2.64. The second kappa shape index (κ2) is 5.15. The maximum absolute atomic E-state index is 6.21. The van der Waals surface area contributed by atoms with Gasteiger partial charge in [0, 0.05) is 25.3 Å². The molecule has 4 heteroatoms. The van der Waals surface area contributed by atoms with Gasteiger partial charge in [0.05, 0.1) is 10.7 Å². The molecule has 0 amide bonds. The summed E-state index contributed by atoms with van der Waals surface area (Å²) in [4.78, 5) is 4.63. The minimum absolute atomic E-state index is 0.633. The fourth-order valence-electron chi connectivity index (χ4n) is 2.46. The van der Waals surface area contributed by atoms with E-state index in [9.17, 15) is 0 Å². The first-order valence-electron chi connectivity index (χ1n) is 6.04. The van der Waals surface area contributed by atoms with Gasteiger partial charge < -0.3 is 15.5 Å². The third kappa shape index (κ3) is 2.85. The van der Waals surface area contributed by atoms with Gasteiger partial charge in [0.15, 0.2) is 0 Å². The quantitative estimate of drug-likeness (QED) is 0.840. The molecule has 0 aromatic heterocycles. The van der Waals surface area contributed by atoms with Crippen molar-refractivity contribution in [3.05, 3.63) is 23.2 Å². The Morgan fingerprint density at radius 3 is 2.88 bits per heavy atom. The second-order valence-electron chi connectivity index (χ2n) is 4.87. The van der Waals surface area contributed by atoms with Crippen LogP contribution in [0.3, 0.4) is 0 Å². The van der Waals surface area contributed by atoms with Crippen LogP contribution < -0.4 is 10.6 Å². The largest absolute Gasteiger partial charge is 0.399 e. The monoisotopic (exact) mass is 253 g/mol. The number of nitrogens with two attached hydrogens (primary N) is 1. The molecule has 2 N–H and O–H groups in total. The molecule has 0 saturated carbocycles. The van der Waals surface area contributed by atoms with Gasteiger partial charge >= 0.3 is 0 Å². The van der Waals surface area contributed by atoms with E-state index >= 15 is 0 Å². The highest BCUT2D eigenvalue weighted by atomic mass is 35.5. The number of hydrogen-bond acceptors (Lipinski definition) is 3. The summed E-state index contributed by atoms with van der Waals surface area (Å²) in [5.74, 6) is 0. The molecule has 94 valence electrons. The van der Waals surface area contributed by atoms with Crippen LogP contribution in [-0.2, 0) is 0 Å². The highest BCUT2D eigenvalue weighted by Crippen LogP contribution is 2.28. The highest BCUT2D eigenvalue weighted by Gasteiger charge is 2.22. The van der Waals surface area contributed by atoms with Crippen LogP contribution in [0.1, 0.15) is 12.8 Å². The molecule has 0 radical (unpaired) electrons. The van der Waals surface area contributed by atoms with Crippen LogP contribution in [0, 0.1) is 0 Å². The molecule has 1 aliphatic heterocycles. The van der Waals surface area contributed by atoms with Gasteiger partial charge in [-0.1, -0.05) is 11.6 Å². The third-order valence-electron chi connectivity index (χ3n) is 3.54. The number of anilines is 2. The number of likely N-dealkylation sites (tertiary alicyclic amines) is 1. The Labute approximate surface area is 108 Å². The van der Waals surface area contributed by atoms with Crippen molar-refractivity contribution in [2.75, 3.05) is 37.8 Å². The molecule has 3 nitrogen and oxygen atoms in total. The molecular formula is C13H20ClN3. The minimum Gasteiger partial charge on any atom is -0.399 e. The van der Waals surface area contributed by atoms with Gasteiger partial charge in [-0.2, -0.15) is 0 Å². The van der Waals surface area contributed by atoms with E-state index in [1.165, 1.54) is 19.4 Å². The molecule has 1 heterocycles. The molecule has 1 fully saturated rings. The number of nitrogens with zero attached hydrogens (tertiary/aromatic N) is 2. The van der Waals surface area contributed by atoms with Crippen LogP contribution in [0.5, 0.6) is 0 Å². The SMILES string of the molecule is CN(CC1CCCN1C)c1ccc(N)cc1Cl. The molecule has 0 bridgehead atoms. The van der Waals surface area contributed by atoms with Crippen LogP contribution in [0.15, 0.2) is 18.2 Å². The van der Waals surface area contributed by atoms with Crippen LogP contribution in [0.2, 0.25) is 5.02 Å². The number of hydrogen-bond donors (Lipinski definition) is 1. The number of halogens is 1. The van der Waals surface area contributed by atoms with Gasteiger partial charge in [-0.3, -0.25) is 0 Å². The van der Waals surface area contributed by atoms with Gasteiger partial charge in [-0.05, 0) is 44.6 Å². The normalized spacial score (nSPS) is 20.8. The van der Waals surface area contributed by atoms with Gasteiger partial charge in [-0.25, -0.2) is 0 Å². The molecule has 1 aromatic rings. The zero-order valence-corrected chi connectivity index (χ0v) is 11.2. The summed E-state index contributed by atoms with van der Waals surface area (Å²) in [6.45, 7) is 2.22. The fraction of sp³-hybridized carbons (Fsp3) is 0.538. The van der Waals surface area contributed by atoms with Crippen molar-refractivity contribution in [3.8, 4) is 0 Å². The molecule has 1 atom stereocenters. The third-order valence-corrected chi connectivity index (χ3v) is 3.84. The number of nitrogen functional groups attached to an aromatic ring is 1. The van der Waals surface area contributed by atoms with Crippen LogP contribution in [0.25, 0.3) is 0 Å². The summed E-state index contributed by atoms with van der Waals surface area (Å²) in [5.41, 5.74) is 7.47. The maximum Gasteiger partial charge on any atom is 0.0659 e. The van der Waals surface area contributed by atoms with Crippen molar-refractivity contribution in [1.82, 2.24) is 4.90 Å². The van der Waals surface area contributed by atoms with E-state index in [1.807, 2.05) is 18.2 Å². The Kier molecular flexibility index (Phi) is 3.79. The van der Waals surface area contributed by atoms with Crippen LogP contribution in [0.4, 0.5) is 11.4 Å². The lowest BCUT2D eigenvalue weighted by Gasteiger charge is -2.28. The lowest BCUT2D eigenvalue weighted by molar-refractivity contribution is 0.314. The molecule has 0 aliphatic carbocycles. The van der Waals surface area contributed by atoms with Crippen LogP contribution in [-0.4, -0.2) is 38.1 Å². The first-order valence-corrected chi connectivity index (χ1v) is 6.42. The van der Waals surface area contributed by atoms with Crippen molar-refractivity contribution in [3.63, 3.8) is 0 Å². The van der Waals surface area contributed by atoms with Gasteiger partial charge in [0.1, 0.15) is 0 Å². The smallest absolute Gasteiger partial charge is 0.0659 e. The maximum atomic E-state index is 6.21. The highest BCUT2D eigenvalue weighted by molar-refractivity contribution is 6.33. The van der Waals surface area contributed by atoms with E-state index in [2.05, 4.69) is 23.9 Å². The van der Waals surface area contributed by atoms with E-state index in [-0.39, 0.29) is 0 Å². The van der Waals surface area contributed by atoms with Crippen LogP contribution >= 0.6 is 11.6 Å². The molecule has 1 aromatic carbocycles. The van der Waals surface area contributed by atoms with E-state index in [1.54, 1.807) is 0 Å². The van der Waals surface area contributed by atoms with E-state index in [0.29, 0.717) is 11.7 Å². The van der Waals surface area contributed by atoms with E-state index in [4.69, 9.17) is 17.3 Å². The summed E-state index contributed by atoms with van der Waals surface area (Å²) in [7, 11) is 4.28. The zero-order valence-electron chi connectivity index (χ0n) is 10.5. The van der Waals surface area contributed by atoms with Crippen molar-refractivity contribution in [2.24, 2.45) is 0 Å². The Bertz CT molecular complexity index is 394. The Morgan fingerprint density at radius 1 is 1.53 bits per heavy atom. The summed E-state index contributed by atoms with van der Waals surface area (Å²) in [6, 6.07) is 6.34. The van der Waals surface area contributed by atoms with Gasteiger partial charge in [0.2, 0.25) is 0 Å². The van der Waals surface area contributed by atoms with Crippen molar-refractivity contribution >= 4 is 23.0 Å². The lowest BCUT2D eigenvalue weighted by atomic mass is 10.2. The first kappa shape index (κ1) is 12.5. The molecule has 0 spiro atoms. The summed E-state index contributed by atoms with van der Waals surface area (Å²) < 4.78 is 0. The van der Waals surface area contributed by atoms with E-state index in [0.717, 1.165) is 17.3 Å². The fourth-order valence-corrected chi connectivity index (χ4v) is 2.79. The van der Waals surface area contributed by atoms with E-state index < -0.39 is 0 Å². The topological polar surface area (TPSA) is 32.5 Å². The minimum atomic E-state index is 0.633. The standard InChI is InChI=1S/C13H20ClN3/c1-16-7-3-4-11(16)9-17(2)13-6-5-10(15)8-12(13)14/h5-6,8,11H,3-4,7,9,15H2,1-2H3. The summed E-state index contributed by atoms with van der Waals surface area (Å²) >= 11 is 6.21. The number of likely N-dealkylation sites (N-methyl/N-ethyl adjacent to an activating group) is 2. The average molecular weight is 254 g/mol. The van der Waals surface area contributed by atoms with Crippen molar-refractivity contribution in [2.45, 2.75) is 18.9 Å². The number of rotatable bonds is 3.